The zero-order chi connectivity index (χ0) is 19.9. The summed E-state index contributed by atoms with van der Waals surface area (Å²) in [5.74, 6) is -0.131. The second-order valence-electron chi connectivity index (χ2n) is 7.37. The van der Waals surface area contributed by atoms with Gasteiger partial charge in [-0.3, -0.25) is 4.79 Å². The number of nitrogens with zero attached hydrogens (tertiary/aromatic N) is 2. The number of nitrogens with one attached hydrogen (secondary N) is 3. The van der Waals surface area contributed by atoms with Crippen LogP contribution >= 0.6 is 0 Å². The highest BCUT2D eigenvalue weighted by Crippen LogP contribution is 2.36. The van der Waals surface area contributed by atoms with Gasteiger partial charge < -0.3 is 15.5 Å². The Labute approximate surface area is 171 Å². The van der Waals surface area contributed by atoms with Crippen LogP contribution < -0.4 is 21.0 Å². The molecule has 1 fully saturated rings. The van der Waals surface area contributed by atoms with Crippen LogP contribution in [0.15, 0.2) is 65.8 Å². The normalized spacial score (nSPS) is 21.3. The molecule has 0 aliphatic carbocycles. The second kappa shape index (κ2) is 9.39. The molecule has 6 heteroatoms. The number of carbonyl (C=O) groups is 1. The molecule has 1 saturated heterocycles. The molecule has 0 saturated carbocycles. The van der Waals surface area contributed by atoms with Crippen LogP contribution in [0.25, 0.3) is 6.08 Å². The third kappa shape index (κ3) is 4.84. The van der Waals surface area contributed by atoms with Gasteiger partial charge >= 0.3 is 0 Å². The van der Waals surface area contributed by atoms with Crippen LogP contribution in [0.2, 0.25) is 0 Å². The lowest BCUT2D eigenvalue weighted by molar-refractivity contribution is -0.119. The SMILES string of the molecule is O=C(CN1c2ccccc2NC1C1CCCCN1)N/N=C/C=C/c1ccccc1. The number of para-hydroxylation sites is 2. The van der Waals surface area contributed by atoms with Gasteiger partial charge in [-0.15, -0.1) is 0 Å². The molecule has 6 nitrogen and oxygen atoms in total. The average molecular weight is 390 g/mol. The monoisotopic (exact) mass is 389 g/mol. The maximum Gasteiger partial charge on any atom is 0.259 e. The van der Waals surface area contributed by atoms with Gasteiger partial charge in [0.15, 0.2) is 0 Å². The molecule has 0 radical (unpaired) electrons. The van der Waals surface area contributed by atoms with E-state index >= 15 is 0 Å². The van der Waals surface area contributed by atoms with E-state index < -0.39 is 0 Å². The average Bonchev–Trinajstić information content (AvgIpc) is 3.13. The number of hydrogen-bond acceptors (Lipinski definition) is 5. The van der Waals surface area contributed by atoms with Crippen LogP contribution in [0.4, 0.5) is 11.4 Å². The van der Waals surface area contributed by atoms with Crippen molar-refractivity contribution in [3.8, 4) is 0 Å². The number of piperidine rings is 1. The zero-order valence-electron chi connectivity index (χ0n) is 16.4. The molecule has 3 N–H and O–H groups in total. The molecule has 2 aliphatic heterocycles. The fourth-order valence-electron chi connectivity index (χ4n) is 3.94. The topological polar surface area (TPSA) is 68.8 Å². The third-order valence-corrected chi connectivity index (χ3v) is 5.33. The first kappa shape index (κ1) is 19.2. The number of hydrogen-bond donors (Lipinski definition) is 3. The summed E-state index contributed by atoms with van der Waals surface area (Å²) in [5.41, 5.74) is 5.87. The number of anilines is 2. The predicted molar refractivity (Wildman–Crippen MR) is 119 cm³/mol. The van der Waals surface area contributed by atoms with Crippen LogP contribution in [0.1, 0.15) is 24.8 Å². The second-order valence-corrected chi connectivity index (χ2v) is 7.37. The smallest absolute Gasteiger partial charge is 0.259 e. The molecule has 2 aliphatic rings. The number of hydrazone groups is 1. The van der Waals surface area contributed by atoms with Crippen molar-refractivity contribution in [3.05, 3.63) is 66.2 Å². The molecule has 0 spiro atoms. The fraction of sp³-hybridized carbons (Fsp3) is 0.304. The van der Waals surface area contributed by atoms with Crippen molar-refractivity contribution in [2.75, 3.05) is 23.3 Å². The van der Waals surface area contributed by atoms with Gasteiger partial charge in [0, 0.05) is 12.3 Å². The Kier molecular flexibility index (Phi) is 6.22. The number of carbonyl (C=O) groups excluding carboxylic acids is 1. The summed E-state index contributed by atoms with van der Waals surface area (Å²) in [6.45, 7) is 1.28. The summed E-state index contributed by atoms with van der Waals surface area (Å²) < 4.78 is 0. The quantitative estimate of drug-likeness (QED) is 0.524. The maximum atomic E-state index is 12.5. The molecule has 2 aromatic rings. The van der Waals surface area contributed by atoms with Crippen LogP contribution in [0, 0.1) is 0 Å². The molecular formula is C23H27N5O. The van der Waals surface area contributed by atoms with Crippen molar-refractivity contribution in [2.45, 2.75) is 31.5 Å². The minimum atomic E-state index is -0.131. The van der Waals surface area contributed by atoms with Gasteiger partial charge in [-0.1, -0.05) is 55.0 Å². The van der Waals surface area contributed by atoms with Crippen molar-refractivity contribution in [1.29, 1.82) is 0 Å². The van der Waals surface area contributed by atoms with Crippen LogP contribution in [0.3, 0.4) is 0 Å². The maximum absolute atomic E-state index is 12.5. The Hall–Kier alpha value is -3.12. The van der Waals surface area contributed by atoms with Gasteiger partial charge in [-0.25, -0.2) is 5.43 Å². The minimum Gasteiger partial charge on any atom is -0.362 e. The predicted octanol–water partition coefficient (Wildman–Crippen LogP) is 3.20. The molecule has 0 bridgehead atoms. The first-order chi connectivity index (χ1) is 14.3. The van der Waals surface area contributed by atoms with Gasteiger partial charge in [0.1, 0.15) is 12.7 Å². The van der Waals surface area contributed by atoms with Crippen LogP contribution in [0.5, 0.6) is 0 Å². The van der Waals surface area contributed by atoms with Gasteiger partial charge in [0.2, 0.25) is 0 Å². The van der Waals surface area contributed by atoms with E-state index in [1.54, 1.807) is 6.21 Å². The van der Waals surface area contributed by atoms with E-state index in [1.165, 1.54) is 12.8 Å². The molecule has 2 atom stereocenters. The summed E-state index contributed by atoms with van der Waals surface area (Å²) in [4.78, 5) is 14.7. The third-order valence-electron chi connectivity index (χ3n) is 5.33. The highest BCUT2D eigenvalue weighted by atomic mass is 16.2. The summed E-state index contributed by atoms with van der Waals surface area (Å²) in [5, 5.41) is 11.2. The molecule has 2 aromatic carbocycles. The largest absolute Gasteiger partial charge is 0.362 e. The highest BCUT2D eigenvalue weighted by molar-refractivity contribution is 5.87. The lowest BCUT2D eigenvalue weighted by Crippen LogP contribution is -2.55. The van der Waals surface area contributed by atoms with Crippen molar-refractivity contribution in [3.63, 3.8) is 0 Å². The number of amides is 1. The summed E-state index contributed by atoms with van der Waals surface area (Å²) in [6.07, 6.45) is 8.96. The molecule has 2 unspecified atom stereocenters. The lowest BCUT2D eigenvalue weighted by Gasteiger charge is -2.35. The first-order valence-corrected chi connectivity index (χ1v) is 10.2. The van der Waals surface area contributed by atoms with E-state index in [-0.39, 0.29) is 18.6 Å². The fourth-order valence-corrected chi connectivity index (χ4v) is 3.94. The van der Waals surface area contributed by atoms with Gasteiger partial charge in [0.25, 0.3) is 5.91 Å². The lowest BCUT2D eigenvalue weighted by atomic mass is 10.0. The number of fused-ring (bicyclic) bond motifs is 1. The number of allylic oxidation sites excluding steroid dienone is 1. The van der Waals surface area contributed by atoms with Gasteiger partial charge in [0.05, 0.1) is 11.4 Å². The Morgan fingerprint density at radius 3 is 2.79 bits per heavy atom. The van der Waals surface area contributed by atoms with Crippen LogP contribution in [-0.4, -0.2) is 37.4 Å². The van der Waals surface area contributed by atoms with Crippen molar-refractivity contribution < 1.29 is 4.79 Å². The Morgan fingerprint density at radius 2 is 1.97 bits per heavy atom. The molecule has 4 rings (SSSR count). The summed E-state index contributed by atoms with van der Waals surface area (Å²) >= 11 is 0. The van der Waals surface area contributed by atoms with E-state index in [2.05, 4.69) is 38.2 Å². The first-order valence-electron chi connectivity index (χ1n) is 10.2. The van der Waals surface area contributed by atoms with Crippen molar-refractivity contribution >= 4 is 29.6 Å². The van der Waals surface area contributed by atoms with Crippen LogP contribution in [-0.2, 0) is 4.79 Å². The van der Waals surface area contributed by atoms with E-state index in [9.17, 15) is 4.79 Å². The zero-order valence-corrected chi connectivity index (χ0v) is 16.4. The van der Waals surface area contributed by atoms with E-state index in [4.69, 9.17) is 0 Å². The Bertz CT molecular complexity index is 874. The molecule has 29 heavy (non-hydrogen) atoms. The molecular weight excluding hydrogens is 362 g/mol. The van der Waals surface area contributed by atoms with E-state index in [0.717, 1.165) is 29.9 Å². The Morgan fingerprint density at radius 1 is 1.14 bits per heavy atom. The molecule has 150 valence electrons. The minimum absolute atomic E-state index is 0.0698. The van der Waals surface area contributed by atoms with Gasteiger partial charge in [-0.2, -0.15) is 5.10 Å². The van der Waals surface area contributed by atoms with Crippen molar-refractivity contribution in [2.24, 2.45) is 5.10 Å². The highest BCUT2D eigenvalue weighted by Gasteiger charge is 2.35. The number of rotatable bonds is 6. The summed E-state index contributed by atoms with van der Waals surface area (Å²) in [6, 6.07) is 18.4. The van der Waals surface area contributed by atoms with Crippen molar-refractivity contribution in [1.82, 2.24) is 10.7 Å². The molecule has 2 heterocycles. The standard InChI is InChI=1S/C23H27N5O/c29-22(27-25-16-8-11-18-9-2-1-3-10-18)17-28-21-14-5-4-12-19(21)26-23(28)20-13-6-7-15-24-20/h1-5,8-12,14,16,20,23-24,26H,6-7,13,15,17H2,(H,27,29)/b11-8+,25-16+. The number of benzene rings is 2. The molecule has 1 amide bonds. The molecule has 0 aromatic heterocycles. The van der Waals surface area contributed by atoms with E-state index in [0.29, 0.717) is 6.04 Å². The Balaban J connectivity index is 1.37. The summed E-state index contributed by atoms with van der Waals surface area (Å²) in [7, 11) is 0. The van der Waals surface area contributed by atoms with E-state index in [1.807, 2.05) is 54.6 Å². The van der Waals surface area contributed by atoms with Gasteiger partial charge in [-0.05, 0) is 43.2 Å².